The summed E-state index contributed by atoms with van der Waals surface area (Å²) in [5.74, 6) is 0. The van der Waals surface area contributed by atoms with Crippen molar-refractivity contribution in [3.8, 4) is 0 Å². The van der Waals surface area contributed by atoms with Gasteiger partial charge in [-0.15, -0.1) is 0 Å². The molecule has 0 aliphatic carbocycles. The lowest BCUT2D eigenvalue weighted by molar-refractivity contribution is -0.421. The molecule has 0 spiro atoms. The average molecular weight is 226 g/mol. The number of nitrogens with two attached hydrogens (primary N) is 1. The van der Waals surface area contributed by atoms with Crippen molar-refractivity contribution in [1.82, 2.24) is 0 Å². The minimum atomic E-state index is -0.786. The number of benzene rings is 1. The van der Waals surface area contributed by atoms with E-state index in [1.54, 1.807) is 0 Å². The van der Waals surface area contributed by atoms with Crippen molar-refractivity contribution in [2.45, 2.75) is 0 Å². The highest BCUT2D eigenvalue weighted by atomic mass is 16.6. The summed E-state index contributed by atoms with van der Waals surface area (Å²) in [5.41, 5.74) is 4.26. The van der Waals surface area contributed by atoms with Crippen LogP contribution in [-0.2, 0) is 0 Å². The van der Waals surface area contributed by atoms with E-state index in [0.717, 1.165) is 6.07 Å². The van der Waals surface area contributed by atoms with Crippen LogP contribution in [0.1, 0.15) is 0 Å². The van der Waals surface area contributed by atoms with Crippen LogP contribution in [0.4, 0.5) is 17.1 Å². The van der Waals surface area contributed by atoms with Crippen molar-refractivity contribution in [2.75, 3.05) is 18.4 Å². The van der Waals surface area contributed by atoms with Gasteiger partial charge in [-0.25, -0.2) is 0 Å². The minimum Gasteiger partial charge on any atom is -0.378 e. The lowest BCUT2D eigenvalue weighted by Gasteiger charge is -2.05. The summed E-state index contributed by atoms with van der Waals surface area (Å²) in [6.07, 6.45) is 0. The first-order chi connectivity index (χ1) is 7.57. The molecule has 0 fully saturated rings. The van der Waals surface area contributed by atoms with Gasteiger partial charge in [0.05, 0.1) is 9.85 Å². The Balaban J connectivity index is 3.21. The monoisotopic (exact) mass is 226 g/mol. The van der Waals surface area contributed by atoms with E-state index in [4.69, 9.17) is 5.73 Å². The zero-order valence-corrected chi connectivity index (χ0v) is 8.25. The molecule has 0 atom stereocenters. The maximum atomic E-state index is 10.7. The highest BCUT2D eigenvalue weighted by Crippen LogP contribution is 2.33. The van der Waals surface area contributed by atoms with Gasteiger partial charge in [-0.2, -0.15) is 0 Å². The second-order valence-electron chi connectivity index (χ2n) is 2.90. The molecular formula is C8H10N4O4. The van der Waals surface area contributed by atoms with Crippen LogP contribution in [0.3, 0.4) is 0 Å². The van der Waals surface area contributed by atoms with E-state index >= 15 is 0 Å². The van der Waals surface area contributed by atoms with Gasteiger partial charge in [0, 0.05) is 19.2 Å². The highest BCUT2D eigenvalue weighted by molar-refractivity contribution is 5.71. The molecule has 3 N–H and O–H groups in total. The Kier molecular flexibility index (Phi) is 3.72. The molecule has 8 nitrogen and oxygen atoms in total. The molecule has 0 aliphatic heterocycles. The quantitative estimate of drug-likeness (QED) is 0.567. The van der Waals surface area contributed by atoms with E-state index in [0.29, 0.717) is 6.54 Å². The second-order valence-corrected chi connectivity index (χ2v) is 2.90. The first kappa shape index (κ1) is 11.9. The summed E-state index contributed by atoms with van der Waals surface area (Å²) in [5, 5.41) is 24.0. The number of anilines is 1. The third-order valence-electron chi connectivity index (χ3n) is 1.85. The van der Waals surface area contributed by atoms with Gasteiger partial charge in [0.25, 0.3) is 0 Å². The van der Waals surface area contributed by atoms with E-state index in [9.17, 15) is 20.2 Å². The van der Waals surface area contributed by atoms with E-state index in [1.165, 1.54) is 12.1 Å². The molecular weight excluding hydrogens is 216 g/mol. The number of nitrogens with zero attached hydrogens (tertiary/aromatic N) is 2. The van der Waals surface area contributed by atoms with E-state index in [2.05, 4.69) is 5.32 Å². The number of hydrogen-bond donors (Lipinski definition) is 2. The van der Waals surface area contributed by atoms with Crippen LogP contribution in [-0.4, -0.2) is 22.9 Å². The third kappa shape index (κ3) is 2.42. The third-order valence-corrected chi connectivity index (χ3v) is 1.85. The fourth-order valence-electron chi connectivity index (χ4n) is 1.22. The van der Waals surface area contributed by atoms with Crippen molar-refractivity contribution in [2.24, 2.45) is 5.73 Å². The van der Waals surface area contributed by atoms with Gasteiger partial charge < -0.3 is 11.1 Å². The van der Waals surface area contributed by atoms with Crippen LogP contribution >= 0.6 is 0 Å². The topological polar surface area (TPSA) is 124 Å². The molecule has 0 heterocycles. The van der Waals surface area contributed by atoms with Gasteiger partial charge in [0.15, 0.2) is 0 Å². The number of hydrogen-bond acceptors (Lipinski definition) is 6. The first-order valence-corrected chi connectivity index (χ1v) is 4.43. The van der Waals surface area contributed by atoms with E-state index in [-0.39, 0.29) is 12.2 Å². The van der Waals surface area contributed by atoms with Crippen LogP contribution in [0.5, 0.6) is 0 Å². The Labute approximate surface area is 90.4 Å². The second kappa shape index (κ2) is 5.03. The number of para-hydroxylation sites is 1. The summed E-state index contributed by atoms with van der Waals surface area (Å²) in [6, 6.07) is 3.87. The summed E-state index contributed by atoms with van der Waals surface area (Å²) >= 11 is 0. The molecule has 0 amide bonds. The Morgan fingerprint density at radius 2 is 1.94 bits per heavy atom. The Bertz CT molecular complexity index is 420. The standard InChI is InChI=1S/C8H10N4O4/c9-4-5-10-6-2-1-3-7(11(13)14)8(6)12(15)16/h1-3,10H,4-5,9H2. The molecule has 0 aromatic heterocycles. The molecule has 0 unspecified atom stereocenters. The predicted octanol–water partition coefficient (Wildman–Crippen LogP) is 0.874. The van der Waals surface area contributed by atoms with Crippen molar-refractivity contribution in [3.63, 3.8) is 0 Å². The van der Waals surface area contributed by atoms with Crippen LogP contribution in [0.15, 0.2) is 18.2 Å². The molecule has 8 heteroatoms. The molecule has 86 valence electrons. The number of nitro groups is 2. The Hall–Kier alpha value is -2.22. The molecule has 0 radical (unpaired) electrons. The van der Waals surface area contributed by atoms with Gasteiger partial charge in [-0.05, 0) is 6.07 Å². The van der Waals surface area contributed by atoms with Gasteiger partial charge in [-0.3, -0.25) is 20.2 Å². The molecule has 1 aromatic carbocycles. The Morgan fingerprint density at radius 1 is 1.25 bits per heavy atom. The number of nitro benzene ring substituents is 2. The van der Waals surface area contributed by atoms with Crippen molar-refractivity contribution >= 4 is 17.1 Å². The van der Waals surface area contributed by atoms with Crippen LogP contribution in [0, 0.1) is 20.2 Å². The smallest absolute Gasteiger partial charge is 0.368 e. The predicted molar refractivity (Wildman–Crippen MR) is 57.3 cm³/mol. The van der Waals surface area contributed by atoms with E-state index in [1.807, 2.05) is 0 Å². The van der Waals surface area contributed by atoms with Crippen LogP contribution in [0.25, 0.3) is 0 Å². The molecule has 0 saturated carbocycles. The van der Waals surface area contributed by atoms with Crippen LogP contribution < -0.4 is 11.1 Å². The first-order valence-electron chi connectivity index (χ1n) is 4.43. The fourth-order valence-corrected chi connectivity index (χ4v) is 1.22. The van der Waals surface area contributed by atoms with E-state index < -0.39 is 21.2 Å². The summed E-state index contributed by atoms with van der Waals surface area (Å²) in [6.45, 7) is 0.585. The van der Waals surface area contributed by atoms with Gasteiger partial charge in [0.2, 0.25) is 0 Å². The minimum absolute atomic E-state index is 0.102. The van der Waals surface area contributed by atoms with Crippen molar-refractivity contribution in [1.29, 1.82) is 0 Å². The van der Waals surface area contributed by atoms with Gasteiger partial charge in [0.1, 0.15) is 5.69 Å². The number of rotatable bonds is 5. The largest absolute Gasteiger partial charge is 0.378 e. The van der Waals surface area contributed by atoms with Crippen LogP contribution in [0.2, 0.25) is 0 Å². The fraction of sp³-hybridized carbons (Fsp3) is 0.250. The molecule has 0 saturated heterocycles. The zero-order chi connectivity index (χ0) is 12.1. The SMILES string of the molecule is NCCNc1cccc([N+](=O)[O-])c1[N+](=O)[O-]. The molecule has 0 bridgehead atoms. The zero-order valence-electron chi connectivity index (χ0n) is 8.25. The normalized spacial score (nSPS) is 9.81. The maximum absolute atomic E-state index is 10.7. The lowest BCUT2D eigenvalue weighted by atomic mass is 10.2. The average Bonchev–Trinajstić information content (AvgIpc) is 2.25. The molecule has 1 rings (SSSR count). The highest BCUT2D eigenvalue weighted by Gasteiger charge is 2.27. The number of nitrogens with one attached hydrogen (secondary N) is 1. The Morgan fingerprint density at radius 3 is 2.44 bits per heavy atom. The van der Waals surface area contributed by atoms with Crippen molar-refractivity contribution < 1.29 is 9.85 Å². The lowest BCUT2D eigenvalue weighted by Crippen LogP contribution is -2.14. The van der Waals surface area contributed by atoms with Gasteiger partial charge >= 0.3 is 11.4 Å². The maximum Gasteiger partial charge on any atom is 0.368 e. The van der Waals surface area contributed by atoms with Gasteiger partial charge in [-0.1, -0.05) is 6.07 Å². The van der Waals surface area contributed by atoms with Crippen molar-refractivity contribution in [3.05, 3.63) is 38.4 Å². The molecule has 1 aromatic rings. The molecule has 0 aliphatic rings. The summed E-state index contributed by atoms with van der Waals surface area (Å²) < 4.78 is 0. The summed E-state index contributed by atoms with van der Waals surface area (Å²) in [7, 11) is 0. The molecule has 16 heavy (non-hydrogen) atoms. The summed E-state index contributed by atoms with van der Waals surface area (Å²) in [4.78, 5) is 19.8.